The van der Waals surface area contributed by atoms with Crippen molar-refractivity contribution in [2.75, 3.05) is 0 Å². The lowest BCUT2D eigenvalue weighted by molar-refractivity contribution is -0.156. The van der Waals surface area contributed by atoms with Crippen LogP contribution in [0.25, 0.3) is 0 Å². The summed E-state index contributed by atoms with van der Waals surface area (Å²) in [4.78, 5) is 10.7. The van der Waals surface area contributed by atoms with Gasteiger partial charge in [0, 0.05) is 6.42 Å². The standard InChI is InChI=1S/C8H12O3/c1-2-3-7-4-6(9)5-8(10)11-7/h2-3,6-7,9H,4-5H2,1H3/b3-2+/t6-,7?/m1/s1. The highest BCUT2D eigenvalue weighted by Crippen LogP contribution is 2.15. The molecule has 0 saturated carbocycles. The van der Waals surface area contributed by atoms with E-state index in [0.29, 0.717) is 6.42 Å². The first-order chi connectivity index (χ1) is 5.22. The zero-order valence-corrected chi connectivity index (χ0v) is 6.49. The van der Waals surface area contributed by atoms with Gasteiger partial charge >= 0.3 is 5.97 Å². The molecule has 62 valence electrons. The number of carbonyl (C=O) groups excluding carboxylic acids is 1. The maximum atomic E-state index is 10.7. The maximum Gasteiger partial charge on any atom is 0.309 e. The quantitative estimate of drug-likeness (QED) is 0.447. The van der Waals surface area contributed by atoms with E-state index in [0.717, 1.165) is 0 Å². The van der Waals surface area contributed by atoms with Gasteiger partial charge in [0.1, 0.15) is 6.10 Å². The number of aliphatic hydroxyl groups excluding tert-OH is 1. The number of esters is 1. The highest BCUT2D eigenvalue weighted by atomic mass is 16.5. The van der Waals surface area contributed by atoms with Crippen LogP contribution in [0.15, 0.2) is 12.2 Å². The summed E-state index contributed by atoms with van der Waals surface area (Å²) in [6.07, 6.45) is 3.49. The molecule has 0 radical (unpaired) electrons. The number of rotatable bonds is 1. The molecule has 1 rings (SSSR count). The van der Waals surface area contributed by atoms with Gasteiger partial charge in [0.05, 0.1) is 12.5 Å². The molecule has 3 heteroatoms. The maximum absolute atomic E-state index is 10.7. The van der Waals surface area contributed by atoms with Crippen molar-refractivity contribution in [2.45, 2.75) is 32.0 Å². The van der Waals surface area contributed by atoms with Crippen LogP contribution in [0.2, 0.25) is 0 Å². The molecule has 2 atom stereocenters. The number of allylic oxidation sites excluding steroid dienone is 1. The van der Waals surface area contributed by atoms with Gasteiger partial charge in [-0.05, 0) is 13.0 Å². The molecule has 0 aliphatic carbocycles. The van der Waals surface area contributed by atoms with Gasteiger partial charge in [-0.25, -0.2) is 0 Å². The second-order valence-electron chi connectivity index (χ2n) is 2.65. The van der Waals surface area contributed by atoms with Crippen molar-refractivity contribution in [3.63, 3.8) is 0 Å². The molecule has 1 heterocycles. The molecule has 1 unspecified atom stereocenters. The largest absolute Gasteiger partial charge is 0.458 e. The Bertz CT molecular complexity index is 174. The molecule has 0 aromatic heterocycles. The zero-order valence-electron chi connectivity index (χ0n) is 6.49. The molecule has 1 aliphatic heterocycles. The van der Waals surface area contributed by atoms with Gasteiger partial charge in [0.25, 0.3) is 0 Å². The van der Waals surface area contributed by atoms with Crippen molar-refractivity contribution in [1.82, 2.24) is 0 Å². The SMILES string of the molecule is C/C=C/C1C[C@@H](O)CC(=O)O1. The van der Waals surface area contributed by atoms with E-state index < -0.39 is 6.10 Å². The first-order valence-corrected chi connectivity index (χ1v) is 3.72. The topological polar surface area (TPSA) is 46.5 Å². The Morgan fingerprint density at radius 2 is 2.45 bits per heavy atom. The molecule has 1 aliphatic rings. The van der Waals surface area contributed by atoms with Crippen LogP contribution in [0, 0.1) is 0 Å². The Hall–Kier alpha value is -0.830. The fourth-order valence-corrected chi connectivity index (χ4v) is 1.14. The van der Waals surface area contributed by atoms with E-state index in [-0.39, 0.29) is 18.5 Å². The third kappa shape index (κ3) is 2.35. The van der Waals surface area contributed by atoms with E-state index >= 15 is 0 Å². The molecule has 0 bridgehead atoms. The first kappa shape index (κ1) is 8.27. The van der Waals surface area contributed by atoms with Gasteiger partial charge < -0.3 is 9.84 Å². The smallest absolute Gasteiger partial charge is 0.309 e. The molecule has 0 amide bonds. The summed E-state index contributed by atoms with van der Waals surface area (Å²) in [5.41, 5.74) is 0. The normalized spacial score (nSPS) is 32.4. The monoisotopic (exact) mass is 156 g/mol. The number of ether oxygens (including phenoxy) is 1. The minimum atomic E-state index is -0.530. The lowest BCUT2D eigenvalue weighted by Crippen LogP contribution is -2.31. The van der Waals surface area contributed by atoms with Crippen LogP contribution in [0.5, 0.6) is 0 Å². The molecular weight excluding hydrogens is 144 g/mol. The van der Waals surface area contributed by atoms with Gasteiger partial charge in [-0.3, -0.25) is 4.79 Å². The van der Waals surface area contributed by atoms with Gasteiger partial charge in [-0.15, -0.1) is 0 Å². The van der Waals surface area contributed by atoms with Crippen LogP contribution in [-0.2, 0) is 9.53 Å². The summed E-state index contributed by atoms with van der Waals surface area (Å²) in [6.45, 7) is 1.86. The average molecular weight is 156 g/mol. The molecule has 3 nitrogen and oxygen atoms in total. The van der Waals surface area contributed by atoms with Crippen molar-refractivity contribution in [1.29, 1.82) is 0 Å². The predicted octanol–water partition coefficient (Wildman–Crippen LogP) is 0.629. The van der Waals surface area contributed by atoms with E-state index in [1.807, 2.05) is 13.0 Å². The molecule has 1 saturated heterocycles. The highest BCUT2D eigenvalue weighted by molar-refractivity contribution is 5.71. The Morgan fingerprint density at radius 3 is 3.00 bits per heavy atom. The molecule has 11 heavy (non-hydrogen) atoms. The molecular formula is C8H12O3. The zero-order chi connectivity index (χ0) is 8.27. The van der Waals surface area contributed by atoms with E-state index in [1.54, 1.807) is 6.08 Å². The van der Waals surface area contributed by atoms with Crippen LogP contribution >= 0.6 is 0 Å². The van der Waals surface area contributed by atoms with Crippen LogP contribution < -0.4 is 0 Å². The Kier molecular flexibility index (Phi) is 2.65. The lowest BCUT2D eigenvalue weighted by Gasteiger charge is -2.23. The van der Waals surface area contributed by atoms with Crippen molar-refractivity contribution >= 4 is 5.97 Å². The Balaban J connectivity index is 2.49. The molecule has 0 aromatic carbocycles. The molecule has 1 N–H and O–H groups in total. The van der Waals surface area contributed by atoms with Crippen LogP contribution in [0.3, 0.4) is 0 Å². The summed E-state index contributed by atoms with van der Waals surface area (Å²) >= 11 is 0. The van der Waals surface area contributed by atoms with E-state index in [9.17, 15) is 4.79 Å². The minimum absolute atomic E-state index is 0.133. The number of aliphatic hydroxyl groups is 1. The number of cyclic esters (lactones) is 1. The third-order valence-electron chi connectivity index (χ3n) is 1.60. The van der Waals surface area contributed by atoms with Gasteiger partial charge in [-0.2, -0.15) is 0 Å². The summed E-state index contributed by atoms with van der Waals surface area (Å²) in [6, 6.07) is 0. The van der Waals surface area contributed by atoms with Crippen LogP contribution in [0.1, 0.15) is 19.8 Å². The fraction of sp³-hybridized carbons (Fsp3) is 0.625. The highest BCUT2D eigenvalue weighted by Gasteiger charge is 2.24. The van der Waals surface area contributed by atoms with Gasteiger partial charge in [0.2, 0.25) is 0 Å². The van der Waals surface area contributed by atoms with E-state index in [2.05, 4.69) is 0 Å². The third-order valence-corrected chi connectivity index (χ3v) is 1.60. The predicted molar refractivity (Wildman–Crippen MR) is 39.9 cm³/mol. The Morgan fingerprint density at radius 1 is 1.73 bits per heavy atom. The lowest BCUT2D eigenvalue weighted by atomic mass is 10.1. The van der Waals surface area contributed by atoms with Crippen LogP contribution in [-0.4, -0.2) is 23.3 Å². The average Bonchev–Trinajstić information content (AvgIpc) is 1.85. The van der Waals surface area contributed by atoms with Gasteiger partial charge in [-0.1, -0.05) is 6.08 Å². The Labute approximate surface area is 65.7 Å². The van der Waals surface area contributed by atoms with Gasteiger partial charge in [0.15, 0.2) is 0 Å². The number of carbonyl (C=O) groups is 1. The summed E-state index contributed by atoms with van der Waals surface area (Å²) in [5, 5.41) is 9.14. The van der Waals surface area contributed by atoms with E-state index in [4.69, 9.17) is 9.84 Å². The second-order valence-corrected chi connectivity index (χ2v) is 2.65. The second kappa shape index (κ2) is 3.53. The van der Waals surface area contributed by atoms with Crippen molar-refractivity contribution in [3.05, 3.63) is 12.2 Å². The summed E-state index contributed by atoms with van der Waals surface area (Å²) in [5.74, 6) is -0.313. The fourth-order valence-electron chi connectivity index (χ4n) is 1.14. The number of hydrogen-bond acceptors (Lipinski definition) is 3. The first-order valence-electron chi connectivity index (χ1n) is 3.72. The van der Waals surface area contributed by atoms with Crippen molar-refractivity contribution in [2.24, 2.45) is 0 Å². The minimum Gasteiger partial charge on any atom is -0.458 e. The van der Waals surface area contributed by atoms with Crippen LogP contribution in [0.4, 0.5) is 0 Å². The molecule has 1 fully saturated rings. The van der Waals surface area contributed by atoms with E-state index in [1.165, 1.54) is 0 Å². The number of hydrogen-bond donors (Lipinski definition) is 1. The molecule has 0 aromatic rings. The van der Waals surface area contributed by atoms with Crippen molar-refractivity contribution in [3.8, 4) is 0 Å². The summed E-state index contributed by atoms with van der Waals surface area (Å²) in [7, 11) is 0. The summed E-state index contributed by atoms with van der Waals surface area (Å²) < 4.78 is 4.91. The molecule has 0 spiro atoms. The van der Waals surface area contributed by atoms with Crippen molar-refractivity contribution < 1.29 is 14.6 Å².